The summed E-state index contributed by atoms with van der Waals surface area (Å²) < 4.78 is 21.8. The van der Waals surface area contributed by atoms with Crippen molar-refractivity contribution < 1.29 is 51.6 Å². The second kappa shape index (κ2) is 18.1. The molecule has 15 rings (SSSR count). The monoisotopic (exact) mass is 1310 g/mol. The molecule has 0 amide bonds. The first-order chi connectivity index (χ1) is 35.7. The molecule has 0 radical (unpaired) electrons. The van der Waals surface area contributed by atoms with Crippen LogP contribution in [0.4, 0.5) is 0 Å². The standard InChI is InChI=1S/C62H34N8O2.2Pt/c1-5-17-52-44(13-1)45-14-2-6-18-53(45)67(52)39-37-65-62(66-38-39)70-58-35-42(71-40-23-27-48-46-15-3-7-19-54(46)68(56(48)33-40)60-21-9-11-31-63-60)25-29-50(58)51-30-26-43(36-59(51)70)72-41-24-28-49-47-16-4-8-20-55(47)69(57(49)34-41)61-22-10-12-32-64-61;;/h1-32,37-38H;;/q-4;2*+2. The summed E-state index contributed by atoms with van der Waals surface area (Å²) in [5.41, 5.74) is 8.17. The first-order valence-electron chi connectivity index (χ1n) is 23.5. The van der Waals surface area contributed by atoms with Gasteiger partial charge in [0.1, 0.15) is 11.6 Å². The molecule has 74 heavy (non-hydrogen) atoms. The number of hydrogen-bond donors (Lipinski definition) is 0. The van der Waals surface area contributed by atoms with E-state index in [4.69, 9.17) is 29.4 Å². The smallest absolute Gasteiger partial charge is 0.509 e. The fourth-order valence-electron chi connectivity index (χ4n) is 10.4. The SMILES string of the molecule is [Pt+2].[Pt+2].[c-]1c(Oc2[c-]c3c(cc2)c2ccccc2n3-c2ccccn2)ccc2c3ccc(Oc4[c-]c5c(cc4)c4ccccc4n5-c4ccccn4)[c-]c3n(-c3ncc(-n4c5ccccc5c5ccccc54)cn3)c12. The average molecular weight is 1310 g/mol. The molecule has 0 fully saturated rings. The van der Waals surface area contributed by atoms with Crippen molar-refractivity contribution in [2.75, 3.05) is 0 Å². The maximum Gasteiger partial charge on any atom is 2.00 e. The molecule has 0 aliphatic heterocycles. The van der Waals surface area contributed by atoms with Gasteiger partial charge in [-0.1, -0.05) is 107 Å². The van der Waals surface area contributed by atoms with Gasteiger partial charge in [-0.25, -0.2) is 19.9 Å². The van der Waals surface area contributed by atoms with E-state index in [9.17, 15) is 0 Å². The van der Waals surface area contributed by atoms with Crippen LogP contribution in [0.15, 0.2) is 207 Å². The van der Waals surface area contributed by atoms with Gasteiger partial charge < -0.3 is 27.7 Å². The zero-order valence-corrected chi connectivity index (χ0v) is 43.2. The summed E-state index contributed by atoms with van der Waals surface area (Å²) in [7, 11) is 0. The van der Waals surface area contributed by atoms with Gasteiger partial charge in [0.15, 0.2) is 0 Å². The molecular weight excluding hydrogens is 1280 g/mol. The maximum atomic E-state index is 6.67. The van der Waals surface area contributed by atoms with Crippen LogP contribution in [0.3, 0.4) is 0 Å². The molecule has 0 spiro atoms. The molecule has 0 saturated carbocycles. The van der Waals surface area contributed by atoms with Crippen molar-refractivity contribution in [3.63, 3.8) is 0 Å². The average Bonchev–Trinajstić information content (AvgIpc) is 4.16. The Bertz CT molecular complexity index is 4370. The van der Waals surface area contributed by atoms with Crippen molar-refractivity contribution >= 4 is 87.2 Å². The Hall–Kier alpha value is -8.68. The summed E-state index contributed by atoms with van der Waals surface area (Å²) in [5.74, 6) is 4.07. The molecule has 0 aliphatic rings. The van der Waals surface area contributed by atoms with E-state index in [1.165, 1.54) is 0 Å². The quantitative estimate of drug-likeness (QED) is 0.141. The van der Waals surface area contributed by atoms with E-state index in [1.807, 2.05) is 102 Å². The molecule has 354 valence electrons. The fourth-order valence-corrected chi connectivity index (χ4v) is 10.4. The third-order valence-corrected chi connectivity index (χ3v) is 13.5. The molecule has 0 bridgehead atoms. The van der Waals surface area contributed by atoms with Gasteiger partial charge in [-0.15, -0.1) is 59.3 Å². The van der Waals surface area contributed by atoms with Crippen LogP contribution in [-0.2, 0) is 42.1 Å². The van der Waals surface area contributed by atoms with Crippen LogP contribution < -0.4 is 9.47 Å². The molecule has 15 aromatic rings. The van der Waals surface area contributed by atoms with E-state index in [2.05, 4.69) is 135 Å². The Kier molecular flexibility index (Phi) is 11.1. The van der Waals surface area contributed by atoms with E-state index in [1.54, 1.807) is 12.4 Å². The maximum absolute atomic E-state index is 6.67. The summed E-state index contributed by atoms with van der Waals surface area (Å²) in [6.07, 6.45) is 7.34. The predicted molar refractivity (Wildman–Crippen MR) is 283 cm³/mol. The van der Waals surface area contributed by atoms with E-state index in [0.717, 1.165) is 93.5 Å². The van der Waals surface area contributed by atoms with E-state index in [-0.39, 0.29) is 42.1 Å². The Morgan fingerprint density at radius 2 is 0.622 bits per heavy atom. The van der Waals surface area contributed by atoms with Gasteiger partial charge in [-0.05, 0) is 59.3 Å². The minimum atomic E-state index is 0. The second-order valence-electron chi connectivity index (χ2n) is 17.6. The second-order valence-corrected chi connectivity index (χ2v) is 17.6. The molecule has 10 nitrogen and oxygen atoms in total. The molecule has 8 aromatic carbocycles. The van der Waals surface area contributed by atoms with Crippen LogP contribution in [-0.4, -0.2) is 38.2 Å². The minimum Gasteiger partial charge on any atom is -0.509 e. The zero-order chi connectivity index (χ0) is 47.3. The minimum absolute atomic E-state index is 0. The predicted octanol–water partition coefficient (Wildman–Crippen LogP) is 14.4. The van der Waals surface area contributed by atoms with Crippen molar-refractivity contribution in [1.29, 1.82) is 0 Å². The summed E-state index contributed by atoms with van der Waals surface area (Å²) in [6, 6.07) is 75.6. The first kappa shape index (κ1) is 45.2. The van der Waals surface area contributed by atoms with Crippen LogP contribution in [0.5, 0.6) is 23.0 Å². The third kappa shape index (κ3) is 7.16. The molecule has 0 atom stereocenters. The number of aromatic nitrogens is 8. The van der Waals surface area contributed by atoms with Crippen LogP contribution in [0.2, 0.25) is 0 Å². The van der Waals surface area contributed by atoms with Crippen molar-refractivity contribution in [2.45, 2.75) is 0 Å². The van der Waals surface area contributed by atoms with Crippen LogP contribution in [0.25, 0.3) is 110 Å². The fraction of sp³-hybridized carbons (Fsp3) is 0. The van der Waals surface area contributed by atoms with Gasteiger partial charge in [0, 0.05) is 57.2 Å². The van der Waals surface area contributed by atoms with Crippen LogP contribution in [0, 0.1) is 24.3 Å². The van der Waals surface area contributed by atoms with E-state index in [0.29, 0.717) is 40.0 Å². The van der Waals surface area contributed by atoms with Gasteiger partial charge in [-0.3, -0.25) is 0 Å². The van der Waals surface area contributed by atoms with Gasteiger partial charge in [-0.2, -0.15) is 35.0 Å². The van der Waals surface area contributed by atoms with Gasteiger partial charge in [0.05, 0.1) is 29.1 Å². The number of benzene rings is 8. The molecule has 7 heterocycles. The molecular formula is C62H34N8O2Pt2. The molecule has 12 heteroatoms. The van der Waals surface area contributed by atoms with Gasteiger partial charge in [0.25, 0.3) is 0 Å². The van der Waals surface area contributed by atoms with Gasteiger partial charge >= 0.3 is 42.1 Å². The molecule has 0 N–H and O–H groups in total. The number of fused-ring (bicyclic) bond motifs is 12. The van der Waals surface area contributed by atoms with Crippen LogP contribution >= 0.6 is 0 Å². The number of para-hydroxylation sites is 4. The Labute approximate surface area is 451 Å². The molecule has 0 aliphatic carbocycles. The molecule has 0 saturated heterocycles. The Morgan fingerprint density at radius 3 is 1.00 bits per heavy atom. The first-order valence-corrected chi connectivity index (χ1v) is 23.5. The van der Waals surface area contributed by atoms with E-state index < -0.39 is 0 Å². The van der Waals surface area contributed by atoms with Crippen LogP contribution in [0.1, 0.15) is 0 Å². The topological polar surface area (TPSA) is 89.7 Å². The summed E-state index contributed by atoms with van der Waals surface area (Å²) >= 11 is 0. The number of nitrogens with zero attached hydrogens (tertiary/aromatic N) is 8. The van der Waals surface area contributed by atoms with Gasteiger partial charge in [0.2, 0.25) is 5.95 Å². The molecule has 0 unspecified atom stereocenters. The normalized spacial score (nSPS) is 11.6. The zero-order valence-electron chi connectivity index (χ0n) is 38.7. The van der Waals surface area contributed by atoms with Crippen molar-refractivity contribution in [2.24, 2.45) is 0 Å². The van der Waals surface area contributed by atoms with E-state index >= 15 is 0 Å². The van der Waals surface area contributed by atoms with Crippen molar-refractivity contribution in [3.8, 4) is 46.3 Å². The third-order valence-electron chi connectivity index (χ3n) is 13.5. The summed E-state index contributed by atoms with van der Waals surface area (Å²) in [6.45, 7) is 0. The van der Waals surface area contributed by atoms with Crippen molar-refractivity contribution in [1.82, 2.24) is 38.2 Å². The Morgan fingerprint density at radius 1 is 0.297 bits per heavy atom. The molecule has 7 aromatic heterocycles. The number of rotatable bonds is 8. The number of pyridine rings is 2. The largest absolute Gasteiger partial charge is 2.00 e. The number of ether oxygens (including phenoxy) is 2. The number of hydrogen-bond acceptors (Lipinski definition) is 6. The summed E-state index contributed by atoms with van der Waals surface area (Å²) in [4.78, 5) is 19.6. The van der Waals surface area contributed by atoms with Crippen molar-refractivity contribution in [3.05, 3.63) is 231 Å². The Balaban J connectivity index is 0.00000264. The summed E-state index contributed by atoms with van der Waals surface area (Å²) in [5, 5.41) is 8.45.